The molecule has 1 aromatic carbocycles. The topological polar surface area (TPSA) is 32.3 Å². The van der Waals surface area contributed by atoms with Gasteiger partial charge in [-0.1, -0.05) is 27.7 Å². The molecule has 1 rings (SSSR count). The molecule has 0 saturated carbocycles. The highest BCUT2D eigenvalue weighted by atomic mass is 19.1. The van der Waals surface area contributed by atoms with E-state index in [2.05, 4.69) is 33.0 Å². The van der Waals surface area contributed by atoms with Gasteiger partial charge in [0.1, 0.15) is 11.6 Å². The number of hydrogen-bond donors (Lipinski definition) is 2. The first-order valence-electron chi connectivity index (χ1n) is 6.46. The van der Waals surface area contributed by atoms with Gasteiger partial charge in [-0.25, -0.2) is 4.39 Å². The van der Waals surface area contributed by atoms with E-state index in [-0.39, 0.29) is 23.0 Å². The van der Waals surface area contributed by atoms with Crippen molar-refractivity contribution in [3.05, 3.63) is 29.6 Å². The standard InChI is InChI=1S/C15H24FNO/c1-10(2)15(4,5)9-17-11(3)13-8-12(16)6-7-14(13)18/h6-8,10-11,17-18H,9H2,1-5H3. The number of aromatic hydroxyl groups is 1. The monoisotopic (exact) mass is 253 g/mol. The van der Waals surface area contributed by atoms with Gasteiger partial charge in [-0.2, -0.15) is 0 Å². The summed E-state index contributed by atoms with van der Waals surface area (Å²) in [7, 11) is 0. The predicted octanol–water partition coefficient (Wildman–Crippen LogP) is 3.86. The van der Waals surface area contributed by atoms with E-state index in [0.717, 1.165) is 6.54 Å². The SMILES string of the molecule is CC(NCC(C)(C)C(C)C)c1cc(F)ccc1O. The lowest BCUT2D eigenvalue weighted by Gasteiger charge is -2.31. The van der Waals surface area contributed by atoms with Gasteiger partial charge in [0.2, 0.25) is 0 Å². The molecule has 3 heteroatoms. The number of hydrogen-bond acceptors (Lipinski definition) is 2. The Labute approximate surface area is 109 Å². The molecule has 1 aromatic rings. The molecule has 0 amide bonds. The summed E-state index contributed by atoms with van der Waals surface area (Å²) in [4.78, 5) is 0. The first-order valence-corrected chi connectivity index (χ1v) is 6.46. The highest BCUT2D eigenvalue weighted by Gasteiger charge is 2.23. The number of benzene rings is 1. The Morgan fingerprint density at radius 1 is 1.28 bits per heavy atom. The number of rotatable bonds is 5. The van der Waals surface area contributed by atoms with E-state index in [1.807, 2.05) is 6.92 Å². The molecule has 0 fully saturated rings. The molecule has 2 N–H and O–H groups in total. The van der Waals surface area contributed by atoms with Crippen LogP contribution in [0.1, 0.15) is 46.2 Å². The van der Waals surface area contributed by atoms with Gasteiger partial charge in [0.15, 0.2) is 0 Å². The molecule has 0 heterocycles. The highest BCUT2D eigenvalue weighted by Crippen LogP contribution is 2.28. The van der Waals surface area contributed by atoms with Gasteiger partial charge >= 0.3 is 0 Å². The molecule has 0 aliphatic rings. The molecular formula is C15H24FNO. The number of halogens is 1. The molecule has 0 spiro atoms. The lowest BCUT2D eigenvalue weighted by molar-refractivity contribution is 0.230. The van der Waals surface area contributed by atoms with Crippen molar-refractivity contribution in [1.29, 1.82) is 0 Å². The molecule has 102 valence electrons. The molecule has 0 aliphatic carbocycles. The van der Waals surface area contributed by atoms with Gasteiger partial charge in [-0.3, -0.25) is 0 Å². The largest absolute Gasteiger partial charge is 0.508 e. The minimum atomic E-state index is -0.320. The lowest BCUT2D eigenvalue weighted by Crippen LogP contribution is -2.34. The molecular weight excluding hydrogens is 229 g/mol. The highest BCUT2D eigenvalue weighted by molar-refractivity contribution is 5.34. The van der Waals surface area contributed by atoms with Crippen molar-refractivity contribution in [3.63, 3.8) is 0 Å². The van der Waals surface area contributed by atoms with E-state index in [4.69, 9.17) is 0 Å². The molecule has 1 unspecified atom stereocenters. The smallest absolute Gasteiger partial charge is 0.123 e. The van der Waals surface area contributed by atoms with E-state index in [1.165, 1.54) is 18.2 Å². The van der Waals surface area contributed by atoms with Crippen LogP contribution < -0.4 is 5.32 Å². The number of phenolic OH excluding ortho intramolecular Hbond substituents is 1. The first-order chi connectivity index (χ1) is 8.24. The van der Waals surface area contributed by atoms with Crippen molar-refractivity contribution >= 4 is 0 Å². The van der Waals surface area contributed by atoms with Crippen molar-refractivity contribution in [2.24, 2.45) is 11.3 Å². The summed E-state index contributed by atoms with van der Waals surface area (Å²) < 4.78 is 13.2. The summed E-state index contributed by atoms with van der Waals surface area (Å²) in [6.45, 7) is 11.5. The van der Waals surface area contributed by atoms with Crippen LogP contribution >= 0.6 is 0 Å². The Kier molecular flexibility index (Phi) is 4.74. The lowest BCUT2D eigenvalue weighted by atomic mass is 9.81. The second-order valence-corrected chi connectivity index (χ2v) is 5.95. The van der Waals surface area contributed by atoms with Gasteiger partial charge in [-0.15, -0.1) is 0 Å². The molecule has 2 nitrogen and oxygen atoms in total. The van der Waals surface area contributed by atoms with Crippen LogP contribution in [0.2, 0.25) is 0 Å². The fourth-order valence-corrected chi connectivity index (χ4v) is 1.60. The third-order valence-electron chi connectivity index (χ3n) is 3.88. The van der Waals surface area contributed by atoms with E-state index >= 15 is 0 Å². The summed E-state index contributed by atoms with van der Waals surface area (Å²) in [5.74, 6) is 0.372. The van der Waals surface area contributed by atoms with E-state index < -0.39 is 0 Å². The first kappa shape index (κ1) is 15.0. The van der Waals surface area contributed by atoms with Gasteiger partial charge < -0.3 is 10.4 Å². The Morgan fingerprint density at radius 3 is 2.44 bits per heavy atom. The normalized spacial score (nSPS) is 13.9. The molecule has 0 radical (unpaired) electrons. The van der Waals surface area contributed by atoms with Crippen molar-refractivity contribution in [2.45, 2.75) is 40.7 Å². The van der Waals surface area contributed by atoms with Gasteiger partial charge in [0.05, 0.1) is 0 Å². The summed E-state index contributed by atoms with van der Waals surface area (Å²) in [5.41, 5.74) is 0.770. The van der Waals surface area contributed by atoms with Crippen LogP contribution in [-0.2, 0) is 0 Å². The van der Waals surface area contributed by atoms with Crippen LogP contribution in [-0.4, -0.2) is 11.7 Å². The van der Waals surface area contributed by atoms with E-state index in [1.54, 1.807) is 0 Å². The molecule has 0 aliphatic heterocycles. The average Bonchev–Trinajstić information content (AvgIpc) is 2.29. The Morgan fingerprint density at radius 2 is 1.89 bits per heavy atom. The Hall–Kier alpha value is -1.09. The zero-order valence-electron chi connectivity index (χ0n) is 11.9. The van der Waals surface area contributed by atoms with Crippen molar-refractivity contribution < 1.29 is 9.50 Å². The second kappa shape index (κ2) is 5.70. The zero-order chi connectivity index (χ0) is 13.9. The van der Waals surface area contributed by atoms with Crippen LogP contribution in [0, 0.1) is 17.2 Å². The fourth-order valence-electron chi connectivity index (χ4n) is 1.60. The maximum absolute atomic E-state index is 13.2. The molecule has 18 heavy (non-hydrogen) atoms. The van der Waals surface area contributed by atoms with E-state index in [0.29, 0.717) is 11.5 Å². The summed E-state index contributed by atoms with van der Waals surface area (Å²) in [6.07, 6.45) is 0. The Balaban J connectivity index is 2.71. The fraction of sp³-hybridized carbons (Fsp3) is 0.600. The van der Waals surface area contributed by atoms with Crippen LogP contribution in [0.3, 0.4) is 0 Å². The maximum Gasteiger partial charge on any atom is 0.123 e. The molecule has 0 saturated heterocycles. The Bertz CT molecular complexity index is 401. The second-order valence-electron chi connectivity index (χ2n) is 5.95. The maximum atomic E-state index is 13.2. The minimum Gasteiger partial charge on any atom is -0.508 e. The van der Waals surface area contributed by atoms with Crippen molar-refractivity contribution in [3.8, 4) is 5.75 Å². The van der Waals surface area contributed by atoms with Gasteiger partial charge in [-0.05, 0) is 36.5 Å². The number of nitrogens with one attached hydrogen (secondary N) is 1. The van der Waals surface area contributed by atoms with Crippen molar-refractivity contribution in [1.82, 2.24) is 5.32 Å². The van der Waals surface area contributed by atoms with E-state index in [9.17, 15) is 9.50 Å². The third kappa shape index (κ3) is 3.70. The summed E-state index contributed by atoms with van der Waals surface area (Å²) >= 11 is 0. The summed E-state index contributed by atoms with van der Waals surface area (Å²) in [6, 6.07) is 3.98. The quantitative estimate of drug-likeness (QED) is 0.835. The number of phenols is 1. The molecule has 1 atom stereocenters. The third-order valence-corrected chi connectivity index (χ3v) is 3.88. The molecule has 0 bridgehead atoms. The minimum absolute atomic E-state index is 0.0706. The predicted molar refractivity (Wildman–Crippen MR) is 73.1 cm³/mol. The summed E-state index contributed by atoms with van der Waals surface area (Å²) in [5, 5.41) is 13.1. The van der Waals surface area contributed by atoms with Crippen LogP contribution in [0.25, 0.3) is 0 Å². The zero-order valence-corrected chi connectivity index (χ0v) is 11.9. The molecule has 0 aromatic heterocycles. The van der Waals surface area contributed by atoms with Crippen LogP contribution in [0.5, 0.6) is 5.75 Å². The van der Waals surface area contributed by atoms with Gasteiger partial charge in [0, 0.05) is 18.2 Å². The van der Waals surface area contributed by atoms with Gasteiger partial charge in [0.25, 0.3) is 0 Å². The van der Waals surface area contributed by atoms with Crippen molar-refractivity contribution in [2.75, 3.05) is 6.54 Å². The average molecular weight is 253 g/mol. The van der Waals surface area contributed by atoms with Crippen LogP contribution in [0.4, 0.5) is 4.39 Å². The van der Waals surface area contributed by atoms with Crippen LogP contribution in [0.15, 0.2) is 18.2 Å².